The molecule has 0 N–H and O–H groups in total. The minimum absolute atomic E-state index is 0.181. The summed E-state index contributed by atoms with van der Waals surface area (Å²) in [5.74, 6) is 0.380. The van der Waals surface area contributed by atoms with Crippen molar-refractivity contribution in [3.8, 4) is 0 Å². The Labute approximate surface area is 138 Å². The average molecular weight is 336 g/mol. The lowest BCUT2D eigenvalue weighted by molar-refractivity contribution is -0.119. The second-order valence-corrected chi connectivity index (χ2v) is 8.19. The van der Waals surface area contributed by atoms with Crippen LogP contribution in [0.3, 0.4) is 0 Å². The van der Waals surface area contributed by atoms with Gasteiger partial charge in [0.2, 0.25) is 15.9 Å². The highest BCUT2D eigenvalue weighted by Crippen LogP contribution is 2.36. The molecule has 1 aliphatic heterocycles. The van der Waals surface area contributed by atoms with E-state index in [1.54, 1.807) is 12.1 Å². The van der Waals surface area contributed by atoms with Gasteiger partial charge in [-0.3, -0.25) is 4.79 Å². The van der Waals surface area contributed by atoms with Gasteiger partial charge in [-0.15, -0.1) is 0 Å². The van der Waals surface area contributed by atoms with Gasteiger partial charge in [-0.2, -0.15) is 4.31 Å². The zero-order chi connectivity index (χ0) is 16.6. The summed E-state index contributed by atoms with van der Waals surface area (Å²) in [7, 11) is -3.45. The van der Waals surface area contributed by atoms with Crippen molar-refractivity contribution < 1.29 is 13.2 Å². The van der Waals surface area contributed by atoms with Crippen molar-refractivity contribution in [3.63, 3.8) is 0 Å². The fourth-order valence-corrected chi connectivity index (χ4v) is 4.74. The molecule has 1 fully saturated rings. The second kappa shape index (κ2) is 6.24. The molecular formula is C17H24N2O3S. The van der Waals surface area contributed by atoms with Crippen LogP contribution < -0.4 is 4.90 Å². The summed E-state index contributed by atoms with van der Waals surface area (Å²) < 4.78 is 26.8. The molecule has 0 saturated heterocycles. The quantitative estimate of drug-likeness (QED) is 0.830. The van der Waals surface area contributed by atoms with Crippen molar-refractivity contribution in [1.29, 1.82) is 0 Å². The van der Waals surface area contributed by atoms with Crippen LogP contribution in [-0.2, 0) is 21.2 Å². The number of fused-ring (bicyclic) bond motifs is 1. The van der Waals surface area contributed by atoms with Crippen LogP contribution in [0.15, 0.2) is 23.1 Å². The van der Waals surface area contributed by atoms with Gasteiger partial charge in [0.1, 0.15) is 0 Å². The monoisotopic (exact) mass is 336 g/mol. The molecule has 5 nitrogen and oxygen atoms in total. The SMILES string of the molecule is CCN(CC)S(=O)(=O)c1ccc2c(c1)CCCN2C(=O)C1CC1. The minimum Gasteiger partial charge on any atom is -0.312 e. The van der Waals surface area contributed by atoms with Gasteiger partial charge in [0.15, 0.2) is 0 Å². The van der Waals surface area contributed by atoms with E-state index in [1.165, 1.54) is 4.31 Å². The normalized spacial score (nSPS) is 18.1. The Hall–Kier alpha value is -1.40. The van der Waals surface area contributed by atoms with Crippen LogP contribution in [0.1, 0.15) is 38.7 Å². The lowest BCUT2D eigenvalue weighted by atomic mass is 10.0. The highest BCUT2D eigenvalue weighted by Gasteiger charge is 2.36. The predicted octanol–water partition coefficient (Wildman–Crippen LogP) is 2.41. The minimum atomic E-state index is -3.45. The number of sulfonamides is 1. The third-order valence-electron chi connectivity index (χ3n) is 4.71. The predicted molar refractivity (Wildman–Crippen MR) is 89.9 cm³/mol. The Balaban J connectivity index is 1.94. The molecular weight excluding hydrogens is 312 g/mol. The second-order valence-electron chi connectivity index (χ2n) is 6.25. The molecule has 0 radical (unpaired) electrons. The van der Waals surface area contributed by atoms with E-state index in [9.17, 15) is 13.2 Å². The van der Waals surface area contributed by atoms with Gasteiger partial charge < -0.3 is 4.90 Å². The van der Waals surface area contributed by atoms with Crippen molar-refractivity contribution in [1.82, 2.24) is 4.31 Å². The van der Waals surface area contributed by atoms with Crippen LogP contribution >= 0.6 is 0 Å². The molecule has 0 unspecified atom stereocenters. The van der Waals surface area contributed by atoms with Gasteiger partial charge in [0, 0.05) is 31.2 Å². The average Bonchev–Trinajstić information content (AvgIpc) is 3.39. The van der Waals surface area contributed by atoms with Crippen molar-refractivity contribution in [3.05, 3.63) is 23.8 Å². The zero-order valence-electron chi connectivity index (χ0n) is 13.8. The first-order chi connectivity index (χ1) is 11.0. The Morgan fingerprint density at radius 1 is 1.26 bits per heavy atom. The van der Waals surface area contributed by atoms with E-state index >= 15 is 0 Å². The van der Waals surface area contributed by atoms with Gasteiger partial charge in [0.25, 0.3) is 0 Å². The first-order valence-corrected chi connectivity index (χ1v) is 9.87. The lowest BCUT2D eigenvalue weighted by Gasteiger charge is -2.30. The van der Waals surface area contributed by atoms with Crippen LogP contribution in [0.4, 0.5) is 5.69 Å². The van der Waals surface area contributed by atoms with E-state index in [-0.39, 0.29) is 11.8 Å². The summed E-state index contributed by atoms with van der Waals surface area (Å²) in [6.45, 7) is 5.35. The van der Waals surface area contributed by atoms with Crippen molar-refractivity contribution in [2.24, 2.45) is 5.92 Å². The van der Waals surface area contributed by atoms with Crippen LogP contribution in [0.2, 0.25) is 0 Å². The fraction of sp³-hybridized carbons (Fsp3) is 0.588. The van der Waals surface area contributed by atoms with Crippen LogP contribution in [-0.4, -0.2) is 38.3 Å². The summed E-state index contributed by atoms with van der Waals surface area (Å²) in [5, 5.41) is 0. The molecule has 1 aromatic carbocycles. The van der Waals surface area contributed by atoms with Gasteiger partial charge in [-0.1, -0.05) is 13.8 Å². The Morgan fingerprint density at radius 3 is 2.57 bits per heavy atom. The van der Waals surface area contributed by atoms with Crippen LogP contribution in [0, 0.1) is 5.92 Å². The molecule has 0 bridgehead atoms. The number of amides is 1. The number of nitrogens with zero attached hydrogens (tertiary/aromatic N) is 2. The van der Waals surface area contributed by atoms with Gasteiger partial charge >= 0.3 is 0 Å². The third kappa shape index (κ3) is 3.02. The number of carbonyl (C=O) groups is 1. The summed E-state index contributed by atoms with van der Waals surface area (Å²) in [6.07, 6.45) is 3.68. The van der Waals surface area contributed by atoms with E-state index in [1.807, 2.05) is 24.8 Å². The molecule has 1 heterocycles. The Bertz CT molecular complexity index is 707. The van der Waals surface area contributed by atoms with Gasteiger partial charge in [-0.25, -0.2) is 8.42 Å². The molecule has 126 valence electrons. The van der Waals surface area contributed by atoms with Gasteiger partial charge in [0.05, 0.1) is 4.90 Å². The summed E-state index contributed by atoms with van der Waals surface area (Å²) in [5.41, 5.74) is 1.87. The summed E-state index contributed by atoms with van der Waals surface area (Å²) in [4.78, 5) is 14.6. The van der Waals surface area contributed by atoms with Gasteiger partial charge in [-0.05, 0) is 49.4 Å². The van der Waals surface area contributed by atoms with E-state index in [4.69, 9.17) is 0 Å². The van der Waals surface area contributed by atoms with E-state index in [0.29, 0.717) is 18.0 Å². The Morgan fingerprint density at radius 2 is 1.96 bits per heavy atom. The topological polar surface area (TPSA) is 57.7 Å². The zero-order valence-corrected chi connectivity index (χ0v) is 14.6. The molecule has 0 spiro atoms. The van der Waals surface area contributed by atoms with Crippen molar-refractivity contribution in [2.45, 2.75) is 44.4 Å². The maximum absolute atomic E-state index is 12.7. The van der Waals surface area contributed by atoms with E-state index in [0.717, 1.165) is 43.5 Å². The number of anilines is 1. The Kier molecular flexibility index (Phi) is 4.47. The molecule has 0 atom stereocenters. The molecule has 1 amide bonds. The van der Waals surface area contributed by atoms with Crippen LogP contribution in [0.25, 0.3) is 0 Å². The first-order valence-electron chi connectivity index (χ1n) is 8.43. The molecule has 1 aliphatic carbocycles. The molecule has 1 aromatic rings. The highest BCUT2D eigenvalue weighted by molar-refractivity contribution is 7.89. The molecule has 6 heteroatoms. The smallest absolute Gasteiger partial charge is 0.243 e. The molecule has 2 aliphatic rings. The lowest BCUT2D eigenvalue weighted by Crippen LogP contribution is -2.37. The third-order valence-corrected chi connectivity index (χ3v) is 6.75. The number of hydrogen-bond donors (Lipinski definition) is 0. The molecule has 1 saturated carbocycles. The van der Waals surface area contributed by atoms with E-state index in [2.05, 4.69) is 0 Å². The molecule has 23 heavy (non-hydrogen) atoms. The summed E-state index contributed by atoms with van der Waals surface area (Å²) >= 11 is 0. The van der Waals surface area contributed by atoms with Crippen molar-refractivity contribution in [2.75, 3.05) is 24.5 Å². The summed E-state index contributed by atoms with van der Waals surface area (Å²) in [6, 6.07) is 5.21. The molecule has 3 rings (SSSR count). The number of hydrogen-bond acceptors (Lipinski definition) is 3. The highest BCUT2D eigenvalue weighted by atomic mass is 32.2. The molecule has 0 aromatic heterocycles. The maximum Gasteiger partial charge on any atom is 0.243 e. The number of aryl methyl sites for hydroxylation is 1. The maximum atomic E-state index is 12.7. The first kappa shape index (κ1) is 16.5. The number of rotatable bonds is 5. The largest absolute Gasteiger partial charge is 0.312 e. The number of carbonyl (C=O) groups excluding carboxylic acids is 1. The van der Waals surface area contributed by atoms with E-state index < -0.39 is 10.0 Å². The number of benzene rings is 1. The standard InChI is InChI=1S/C17H24N2O3S/c1-3-18(4-2)23(21,22)15-9-10-16-14(12-15)6-5-11-19(16)17(20)13-7-8-13/h9-10,12-13H,3-8,11H2,1-2H3. The van der Waals surface area contributed by atoms with Crippen LogP contribution in [0.5, 0.6) is 0 Å². The van der Waals surface area contributed by atoms with Crippen molar-refractivity contribution >= 4 is 21.6 Å². The fourth-order valence-electron chi connectivity index (χ4n) is 3.23.